The van der Waals surface area contributed by atoms with Gasteiger partial charge in [0.1, 0.15) is 12.4 Å². The summed E-state index contributed by atoms with van der Waals surface area (Å²) >= 11 is 0. The van der Waals surface area contributed by atoms with E-state index in [1.165, 1.54) is 0 Å². The minimum absolute atomic E-state index is 0.00289. The van der Waals surface area contributed by atoms with Crippen LogP contribution < -0.4 is 5.32 Å². The van der Waals surface area contributed by atoms with Crippen LogP contribution in [0.5, 0.6) is 0 Å². The van der Waals surface area contributed by atoms with Crippen molar-refractivity contribution < 1.29 is 9.53 Å². The number of rotatable bonds is 3. The second kappa shape index (κ2) is 4.39. The van der Waals surface area contributed by atoms with Gasteiger partial charge in [-0.2, -0.15) is 4.98 Å². The van der Waals surface area contributed by atoms with Crippen LogP contribution in [0.4, 0.5) is 5.95 Å². The van der Waals surface area contributed by atoms with E-state index >= 15 is 0 Å². The monoisotopic (exact) mass is 212 g/mol. The second-order valence-corrected chi connectivity index (χ2v) is 4.19. The Bertz CT molecular complexity index is 340. The third kappa shape index (κ3) is 4.55. The Hall–Kier alpha value is -1.43. The van der Waals surface area contributed by atoms with Crippen LogP contribution in [-0.2, 0) is 9.53 Å². The molecular formula is C9H16N4O2. The number of carbonyl (C=O) groups is 1. The zero-order chi connectivity index (χ0) is 11.5. The third-order valence-electron chi connectivity index (χ3n) is 1.48. The Morgan fingerprint density at radius 1 is 1.53 bits per heavy atom. The molecule has 1 aromatic heterocycles. The van der Waals surface area contributed by atoms with Gasteiger partial charge in [-0.1, -0.05) is 0 Å². The molecule has 0 aliphatic carbocycles. The Kier molecular flexibility index (Phi) is 3.41. The summed E-state index contributed by atoms with van der Waals surface area (Å²) in [4.78, 5) is 15.3. The lowest BCUT2D eigenvalue weighted by molar-refractivity contribution is -0.125. The van der Waals surface area contributed by atoms with Crippen molar-refractivity contribution in [3.63, 3.8) is 0 Å². The van der Waals surface area contributed by atoms with Gasteiger partial charge in [0.25, 0.3) is 5.91 Å². The van der Waals surface area contributed by atoms with Crippen molar-refractivity contribution in [2.75, 3.05) is 11.9 Å². The van der Waals surface area contributed by atoms with Gasteiger partial charge in [-0.05, 0) is 27.7 Å². The summed E-state index contributed by atoms with van der Waals surface area (Å²) < 4.78 is 5.29. The van der Waals surface area contributed by atoms with Crippen LogP contribution in [0.3, 0.4) is 0 Å². The minimum atomic E-state index is -0.327. The number of carbonyl (C=O) groups excluding carboxylic acids is 1. The Labute approximate surface area is 88.4 Å². The predicted octanol–water partition coefficient (Wildman–Crippen LogP) is 0.867. The van der Waals surface area contributed by atoms with Gasteiger partial charge in [-0.15, -0.1) is 5.10 Å². The lowest BCUT2D eigenvalue weighted by Crippen LogP contribution is -2.27. The number of ether oxygens (including phenoxy) is 1. The number of aryl methyl sites for hydroxylation is 1. The van der Waals surface area contributed by atoms with Crippen molar-refractivity contribution in [3.05, 3.63) is 5.82 Å². The van der Waals surface area contributed by atoms with Crippen molar-refractivity contribution >= 4 is 11.9 Å². The molecule has 84 valence electrons. The predicted molar refractivity (Wildman–Crippen MR) is 55.5 cm³/mol. The molecule has 0 atom stereocenters. The van der Waals surface area contributed by atoms with Gasteiger partial charge in [0.05, 0.1) is 5.60 Å². The Morgan fingerprint density at radius 2 is 2.20 bits per heavy atom. The van der Waals surface area contributed by atoms with E-state index in [-0.39, 0.29) is 24.1 Å². The van der Waals surface area contributed by atoms with E-state index in [0.29, 0.717) is 5.82 Å². The number of nitrogens with zero attached hydrogens (tertiary/aromatic N) is 2. The molecule has 0 saturated carbocycles. The molecule has 0 aliphatic rings. The van der Waals surface area contributed by atoms with Crippen molar-refractivity contribution in [1.82, 2.24) is 15.2 Å². The van der Waals surface area contributed by atoms with Gasteiger partial charge in [0, 0.05) is 0 Å². The molecule has 0 unspecified atom stereocenters. The summed E-state index contributed by atoms with van der Waals surface area (Å²) in [5.74, 6) is 0.668. The van der Waals surface area contributed by atoms with Crippen LogP contribution in [-0.4, -0.2) is 33.3 Å². The summed E-state index contributed by atoms with van der Waals surface area (Å²) in [6, 6.07) is 0. The van der Waals surface area contributed by atoms with Crippen LogP contribution >= 0.6 is 0 Å². The summed E-state index contributed by atoms with van der Waals surface area (Å²) in [6.45, 7) is 7.41. The van der Waals surface area contributed by atoms with Crippen LogP contribution in [0.15, 0.2) is 0 Å². The van der Waals surface area contributed by atoms with E-state index in [1.54, 1.807) is 6.92 Å². The highest BCUT2D eigenvalue weighted by Crippen LogP contribution is 2.06. The fourth-order valence-corrected chi connectivity index (χ4v) is 0.841. The van der Waals surface area contributed by atoms with E-state index < -0.39 is 0 Å². The number of hydrogen-bond donors (Lipinski definition) is 2. The van der Waals surface area contributed by atoms with Crippen molar-refractivity contribution in [2.24, 2.45) is 0 Å². The van der Waals surface area contributed by atoms with Gasteiger partial charge >= 0.3 is 0 Å². The normalized spacial score (nSPS) is 11.5. The minimum Gasteiger partial charge on any atom is -0.366 e. The van der Waals surface area contributed by atoms with Gasteiger partial charge in [-0.25, -0.2) is 0 Å². The largest absolute Gasteiger partial charge is 0.366 e. The first-order valence-electron chi connectivity index (χ1n) is 4.69. The number of aromatic nitrogens is 3. The first kappa shape index (κ1) is 11.6. The number of aromatic amines is 1. The summed E-state index contributed by atoms with van der Waals surface area (Å²) in [7, 11) is 0. The number of amides is 1. The van der Waals surface area contributed by atoms with E-state index in [9.17, 15) is 4.79 Å². The average molecular weight is 212 g/mol. The molecule has 0 aliphatic heterocycles. The van der Waals surface area contributed by atoms with Crippen molar-refractivity contribution in [1.29, 1.82) is 0 Å². The molecule has 0 bridgehead atoms. The number of nitrogens with one attached hydrogen (secondary N) is 2. The highest BCUT2D eigenvalue weighted by molar-refractivity contribution is 5.89. The lowest BCUT2D eigenvalue weighted by atomic mass is 10.2. The van der Waals surface area contributed by atoms with E-state index in [2.05, 4.69) is 20.5 Å². The SMILES string of the molecule is Cc1nc(NC(=O)COC(C)(C)C)n[nH]1. The average Bonchev–Trinajstić information content (AvgIpc) is 2.47. The molecule has 15 heavy (non-hydrogen) atoms. The summed E-state index contributed by atoms with van der Waals surface area (Å²) in [5, 5.41) is 8.92. The van der Waals surface area contributed by atoms with Gasteiger partial charge in [-0.3, -0.25) is 15.2 Å². The highest BCUT2D eigenvalue weighted by Gasteiger charge is 2.13. The van der Waals surface area contributed by atoms with Gasteiger partial charge in [0.2, 0.25) is 5.95 Å². The molecule has 0 aromatic carbocycles. The van der Waals surface area contributed by atoms with Crippen LogP contribution in [0.2, 0.25) is 0 Å². The molecule has 0 saturated heterocycles. The molecule has 1 heterocycles. The molecule has 2 N–H and O–H groups in total. The van der Waals surface area contributed by atoms with Crippen LogP contribution in [0, 0.1) is 6.92 Å². The fourth-order valence-electron chi connectivity index (χ4n) is 0.841. The first-order chi connectivity index (χ1) is 6.87. The topological polar surface area (TPSA) is 79.9 Å². The Balaban J connectivity index is 2.37. The summed E-state index contributed by atoms with van der Waals surface area (Å²) in [6.07, 6.45) is 0. The fraction of sp³-hybridized carbons (Fsp3) is 0.667. The zero-order valence-corrected chi connectivity index (χ0v) is 9.42. The van der Waals surface area contributed by atoms with Gasteiger partial charge < -0.3 is 4.74 Å². The molecule has 6 nitrogen and oxygen atoms in total. The zero-order valence-electron chi connectivity index (χ0n) is 9.42. The molecule has 0 radical (unpaired) electrons. The molecule has 0 spiro atoms. The first-order valence-corrected chi connectivity index (χ1v) is 4.69. The number of H-pyrrole nitrogens is 1. The van der Waals surface area contributed by atoms with Crippen molar-refractivity contribution in [3.8, 4) is 0 Å². The van der Waals surface area contributed by atoms with E-state index in [0.717, 1.165) is 0 Å². The molecule has 1 aromatic rings. The number of anilines is 1. The molecular weight excluding hydrogens is 196 g/mol. The standard InChI is InChI=1S/C9H16N4O2/c1-6-10-8(13-12-6)11-7(14)5-15-9(2,3)4/h5H2,1-4H3,(H2,10,11,12,13,14). The maximum atomic E-state index is 11.3. The summed E-state index contributed by atoms with van der Waals surface area (Å²) in [5.41, 5.74) is -0.327. The van der Waals surface area contributed by atoms with E-state index in [4.69, 9.17) is 4.74 Å². The van der Waals surface area contributed by atoms with E-state index in [1.807, 2.05) is 20.8 Å². The highest BCUT2D eigenvalue weighted by atomic mass is 16.5. The van der Waals surface area contributed by atoms with Crippen molar-refractivity contribution in [2.45, 2.75) is 33.3 Å². The maximum Gasteiger partial charge on any atom is 0.252 e. The molecule has 6 heteroatoms. The maximum absolute atomic E-state index is 11.3. The second-order valence-electron chi connectivity index (χ2n) is 4.19. The van der Waals surface area contributed by atoms with Crippen LogP contribution in [0.1, 0.15) is 26.6 Å². The van der Waals surface area contributed by atoms with Gasteiger partial charge in [0.15, 0.2) is 0 Å². The molecule has 1 amide bonds. The van der Waals surface area contributed by atoms with Crippen LogP contribution in [0.25, 0.3) is 0 Å². The number of hydrogen-bond acceptors (Lipinski definition) is 4. The smallest absolute Gasteiger partial charge is 0.252 e. The third-order valence-corrected chi connectivity index (χ3v) is 1.48. The Morgan fingerprint density at radius 3 is 2.67 bits per heavy atom. The quantitative estimate of drug-likeness (QED) is 0.779. The molecule has 0 fully saturated rings. The lowest BCUT2D eigenvalue weighted by Gasteiger charge is -2.18. The molecule has 1 rings (SSSR count).